The van der Waals surface area contributed by atoms with Crippen LogP contribution in [0.25, 0.3) is 0 Å². The van der Waals surface area contributed by atoms with Gasteiger partial charge in [0.05, 0.1) is 22.1 Å². The molecule has 34 heavy (non-hydrogen) atoms. The highest BCUT2D eigenvalue weighted by atomic mass is 35.5. The molecule has 3 rings (SSSR count). The lowest BCUT2D eigenvalue weighted by Crippen LogP contribution is -2.46. The molecule has 1 atom stereocenters. The number of oxime groups is 1. The summed E-state index contributed by atoms with van der Waals surface area (Å²) >= 11 is 10.9. The Kier molecular flexibility index (Phi) is 7.68. The van der Waals surface area contributed by atoms with Gasteiger partial charge in [0.1, 0.15) is 11.5 Å². The van der Waals surface area contributed by atoms with Crippen LogP contribution in [0.5, 0.6) is 0 Å². The van der Waals surface area contributed by atoms with E-state index in [0.717, 1.165) is 6.07 Å². The summed E-state index contributed by atoms with van der Waals surface area (Å²) in [5, 5.41) is 19.6. The number of aromatic nitrogens is 1. The van der Waals surface area contributed by atoms with Crippen molar-refractivity contribution in [1.29, 1.82) is 0 Å². The molecule has 0 aliphatic carbocycles. The number of nitrogens with zero attached hydrogens (tertiary/aromatic N) is 3. The molecule has 1 aliphatic rings. The van der Waals surface area contributed by atoms with Gasteiger partial charge in [0.15, 0.2) is 11.2 Å². The minimum atomic E-state index is -4.56. The number of pyridine rings is 1. The minimum Gasteiger partial charge on any atom is -0.390 e. The molecule has 180 valence electrons. The van der Waals surface area contributed by atoms with Gasteiger partial charge in [0.2, 0.25) is 0 Å². The number of anilines is 2. The predicted molar refractivity (Wildman–Crippen MR) is 120 cm³/mol. The number of hydrogen-bond donors (Lipinski definition) is 4. The van der Waals surface area contributed by atoms with Crippen molar-refractivity contribution in [3.8, 4) is 0 Å². The van der Waals surface area contributed by atoms with Crippen LogP contribution in [0.2, 0.25) is 5.02 Å². The quantitative estimate of drug-likeness (QED) is 0.258. The first-order valence-electron chi connectivity index (χ1n) is 9.34. The molecule has 0 fully saturated rings. The molecule has 0 saturated heterocycles. The predicted octanol–water partition coefficient (Wildman–Crippen LogP) is 3.24. The molecule has 2 aromatic rings. The average Bonchev–Trinajstić information content (AvgIpc) is 3.25. The third-order valence-corrected chi connectivity index (χ3v) is 4.78. The van der Waals surface area contributed by atoms with E-state index in [2.05, 4.69) is 31.6 Å². The van der Waals surface area contributed by atoms with Crippen molar-refractivity contribution in [2.45, 2.75) is 18.7 Å². The zero-order valence-corrected chi connectivity index (χ0v) is 18.4. The Morgan fingerprint density at radius 3 is 2.62 bits per heavy atom. The number of nitro benzene ring substituents is 1. The van der Waals surface area contributed by atoms with Crippen LogP contribution in [0.4, 0.5) is 30.4 Å². The number of halogens is 4. The van der Waals surface area contributed by atoms with Crippen LogP contribution >= 0.6 is 23.8 Å². The van der Waals surface area contributed by atoms with E-state index in [9.17, 15) is 28.1 Å². The van der Waals surface area contributed by atoms with Crippen LogP contribution in [0.3, 0.4) is 0 Å². The molecule has 0 unspecified atom stereocenters. The second-order valence-electron chi connectivity index (χ2n) is 6.74. The van der Waals surface area contributed by atoms with E-state index in [0.29, 0.717) is 11.9 Å². The van der Waals surface area contributed by atoms with Gasteiger partial charge in [-0.1, -0.05) is 16.8 Å². The molecule has 2 heterocycles. The maximum absolute atomic E-state index is 12.7. The monoisotopic (exact) mass is 517 g/mol. The van der Waals surface area contributed by atoms with Gasteiger partial charge < -0.3 is 15.5 Å². The van der Waals surface area contributed by atoms with Crippen LogP contribution in [-0.4, -0.2) is 39.3 Å². The number of thiocarbonyl (C=S) groups is 1. The summed E-state index contributed by atoms with van der Waals surface area (Å²) < 4.78 is 38.0. The van der Waals surface area contributed by atoms with Crippen LogP contribution in [0.1, 0.15) is 12.0 Å². The number of alkyl halides is 3. The van der Waals surface area contributed by atoms with Crippen molar-refractivity contribution < 1.29 is 27.7 Å². The van der Waals surface area contributed by atoms with E-state index in [-0.39, 0.29) is 40.3 Å². The molecule has 16 heteroatoms. The Bertz CT molecular complexity index is 1130. The summed E-state index contributed by atoms with van der Waals surface area (Å²) in [6.45, 7) is 0.0753. The number of hydrogen-bond acceptors (Lipinski definition) is 8. The molecule has 11 nitrogen and oxygen atoms in total. The lowest BCUT2D eigenvalue weighted by molar-refractivity contribution is -0.384. The van der Waals surface area contributed by atoms with E-state index in [1.807, 2.05) is 0 Å². The zero-order chi connectivity index (χ0) is 24.9. The molecular weight excluding hydrogens is 503 g/mol. The summed E-state index contributed by atoms with van der Waals surface area (Å²) in [5.74, 6) is -0.596. The van der Waals surface area contributed by atoms with Crippen molar-refractivity contribution in [2.75, 3.05) is 17.2 Å². The van der Waals surface area contributed by atoms with E-state index in [1.54, 1.807) is 0 Å². The van der Waals surface area contributed by atoms with Gasteiger partial charge in [0, 0.05) is 30.4 Å². The van der Waals surface area contributed by atoms with Crippen LogP contribution in [-0.2, 0) is 15.8 Å². The van der Waals surface area contributed by atoms with Gasteiger partial charge in [0.25, 0.3) is 11.6 Å². The van der Waals surface area contributed by atoms with Crippen molar-refractivity contribution in [2.24, 2.45) is 5.16 Å². The number of hydrazine groups is 1. The molecule has 1 aromatic heterocycles. The zero-order valence-electron chi connectivity index (χ0n) is 16.9. The number of amides is 1. The number of carbonyl (C=O) groups excluding carboxylic acids is 1. The van der Waals surface area contributed by atoms with Gasteiger partial charge >= 0.3 is 6.18 Å². The van der Waals surface area contributed by atoms with Crippen LogP contribution in [0, 0.1) is 10.1 Å². The van der Waals surface area contributed by atoms with Crippen LogP contribution in [0.15, 0.2) is 41.7 Å². The van der Waals surface area contributed by atoms with Gasteiger partial charge in [-0.25, -0.2) is 4.98 Å². The lowest BCUT2D eigenvalue weighted by atomic mass is 10.1. The second-order valence-corrected chi connectivity index (χ2v) is 7.56. The number of nitro groups is 1. The summed E-state index contributed by atoms with van der Waals surface area (Å²) in [7, 11) is 0. The van der Waals surface area contributed by atoms with Gasteiger partial charge in [-0.05, 0) is 30.4 Å². The highest BCUT2D eigenvalue weighted by Gasteiger charge is 2.32. The maximum atomic E-state index is 12.7. The smallest absolute Gasteiger partial charge is 0.390 e. The van der Waals surface area contributed by atoms with Crippen molar-refractivity contribution >= 4 is 57.7 Å². The largest absolute Gasteiger partial charge is 0.417 e. The van der Waals surface area contributed by atoms with Crippen molar-refractivity contribution in [3.63, 3.8) is 0 Å². The topological polar surface area (TPSA) is 143 Å². The fourth-order valence-corrected chi connectivity index (χ4v) is 3.02. The first-order valence-corrected chi connectivity index (χ1v) is 10.1. The third-order valence-electron chi connectivity index (χ3n) is 4.29. The summed E-state index contributed by atoms with van der Waals surface area (Å²) in [4.78, 5) is 31.1. The molecule has 0 radical (unpaired) electrons. The SMILES string of the molecule is O=C(NNC(=S)Nc1ccc([N+](=O)[O-])cc1)C1=NO[C@@H](CNc2ncc(C(F)(F)F)cc2Cl)C1. The van der Waals surface area contributed by atoms with Crippen molar-refractivity contribution in [3.05, 3.63) is 57.2 Å². The third kappa shape index (κ3) is 6.64. The highest BCUT2D eigenvalue weighted by molar-refractivity contribution is 7.80. The Balaban J connectivity index is 1.42. The van der Waals surface area contributed by atoms with Gasteiger partial charge in [-0.15, -0.1) is 0 Å². The Labute approximate surface area is 199 Å². The highest BCUT2D eigenvalue weighted by Crippen LogP contribution is 2.32. The lowest BCUT2D eigenvalue weighted by Gasteiger charge is -2.13. The maximum Gasteiger partial charge on any atom is 0.417 e. The Morgan fingerprint density at radius 1 is 1.29 bits per heavy atom. The standard InChI is InChI=1S/C18H15ClF3N7O4S/c19-13-5-9(18(20,21)22)7-23-15(13)24-8-12-6-14(28-33-12)16(30)26-27-17(34)25-10-1-3-11(4-2-10)29(31)32/h1-5,7,12H,6,8H2,(H,23,24)(H,26,30)(H2,25,27,34)/t12-/m1/s1. The summed E-state index contributed by atoms with van der Waals surface area (Å²) in [6, 6.07) is 6.21. The Morgan fingerprint density at radius 2 is 2.00 bits per heavy atom. The van der Waals surface area contributed by atoms with Crippen LogP contribution < -0.4 is 21.5 Å². The molecule has 1 aromatic carbocycles. The van der Waals surface area contributed by atoms with E-state index in [1.165, 1.54) is 24.3 Å². The number of rotatable bonds is 6. The summed E-state index contributed by atoms with van der Waals surface area (Å²) in [6.07, 6.45) is -4.40. The molecule has 4 N–H and O–H groups in total. The minimum absolute atomic E-state index is 0.0166. The number of benzene rings is 1. The second kappa shape index (κ2) is 10.5. The molecule has 0 bridgehead atoms. The first-order chi connectivity index (χ1) is 16.0. The normalized spacial score (nSPS) is 15.1. The summed E-state index contributed by atoms with van der Waals surface area (Å²) in [5.41, 5.74) is 4.23. The van der Waals surface area contributed by atoms with E-state index in [4.69, 9.17) is 28.7 Å². The molecule has 0 spiro atoms. The van der Waals surface area contributed by atoms with E-state index < -0.39 is 28.7 Å². The number of carbonyl (C=O) groups is 1. The van der Waals surface area contributed by atoms with E-state index >= 15 is 0 Å². The average molecular weight is 518 g/mol. The van der Waals surface area contributed by atoms with Crippen molar-refractivity contribution in [1.82, 2.24) is 15.8 Å². The fraction of sp³-hybridized carbons (Fsp3) is 0.222. The van der Waals surface area contributed by atoms with Gasteiger partial charge in [-0.2, -0.15) is 13.2 Å². The molecule has 0 saturated carbocycles. The first kappa shape index (κ1) is 24.9. The molecule has 1 aliphatic heterocycles. The number of nitrogens with one attached hydrogen (secondary N) is 4. The van der Waals surface area contributed by atoms with Gasteiger partial charge in [-0.3, -0.25) is 25.8 Å². The molecular formula is C18H15ClF3N7O4S. The Hall–Kier alpha value is -3.72. The number of non-ortho nitro benzene ring substituents is 1. The molecule has 1 amide bonds. The fourth-order valence-electron chi connectivity index (χ4n) is 2.62.